The fourth-order valence-corrected chi connectivity index (χ4v) is 3.26. The molecule has 1 fully saturated rings. The lowest BCUT2D eigenvalue weighted by molar-refractivity contribution is -0.123. The normalized spacial score (nSPS) is 20.6. The molecule has 0 spiro atoms. The van der Waals surface area contributed by atoms with Gasteiger partial charge in [0.1, 0.15) is 11.0 Å². The van der Waals surface area contributed by atoms with Crippen LogP contribution in [0.4, 0.5) is 5.69 Å². The van der Waals surface area contributed by atoms with Crippen molar-refractivity contribution < 1.29 is 9.53 Å². The number of morpholine rings is 1. The molecule has 1 saturated heterocycles. The van der Waals surface area contributed by atoms with Crippen molar-refractivity contribution in [2.24, 2.45) is 0 Å². The van der Waals surface area contributed by atoms with E-state index in [2.05, 4.69) is 15.6 Å². The number of hydrogen-bond acceptors (Lipinski definition) is 5. The maximum absolute atomic E-state index is 12.4. The molecule has 1 aliphatic rings. The summed E-state index contributed by atoms with van der Waals surface area (Å²) in [5.74, 6) is -0.0698. The molecule has 1 aromatic heterocycles. The fourth-order valence-electron chi connectivity index (χ4n) is 2.46. The number of carbonyl (C=O) groups is 1. The van der Waals surface area contributed by atoms with Gasteiger partial charge in [-0.15, -0.1) is 23.7 Å². The highest BCUT2D eigenvalue weighted by molar-refractivity contribution is 7.13. The third-order valence-electron chi connectivity index (χ3n) is 3.60. The summed E-state index contributed by atoms with van der Waals surface area (Å²) in [6.45, 7) is 5.22. The third kappa shape index (κ3) is 4.29. The Morgan fingerprint density at radius 3 is 3.00 bits per heavy atom. The minimum absolute atomic E-state index is 0. The topological polar surface area (TPSA) is 63.2 Å². The highest BCUT2D eigenvalue weighted by atomic mass is 35.5. The fraction of sp³-hybridized carbons (Fsp3) is 0.375. The predicted octanol–water partition coefficient (Wildman–Crippen LogP) is 2.86. The van der Waals surface area contributed by atoms with Crippen molar-refractivity contribution in [3.8, 4) is 10.6 Å². The molecule has 0 unspecified atom stereocenters. The molecule has 2 aromatic rings. The monoisotopic (exact) mass is 353 g/mol. The summed E-state index contributed by atoms with van der Waals surface area (Å²) in [6.07, 6.45) is -0.126. The smallest absolute Gasteiger partial charge is 0.244 e. The number of ether oxygens (including phenoxy) is 1. The van der Waals surface area contributed by atoms with Gasteiger partial charge in [0.05, 0.1) is 12.7 Å². The zero-order valence-electron chi connectivity index (χ0n) is 13.0. The zero-order chi connectivity index (χ0) is 15.5. The highest BCUT2D eigenvalue weighted by Crippen LogP contribution is 2.26. The van der Waals surface area contributed by atoms with Crippen molar-refractivity contribution in [2.45, 2.75) is 26.0 Å². The van der Waals surface area contributed by atoms with Crippen molar-refractivity contribution in [1.82, 2.24) is 10.3 Å². The molecule has 2 atom stereocenters. The van der Waals surface area contributed by atoms with Gasteiger partial charge in [-0.25, -0.2) is 4.98 Å². The first-order valence-electron chi connectivity index (χ1n) is 7.32. The number of carbonyl (C=O) groups excluding carboxylic acids is 1. The molecule has 2 heterocycles. The van der Waals surface area contributed by atoms with Crippen LogP contribution in [0, 0.1) is 6.92 Å². The number of nitrogens with zero attached hydrogens (tertiary/aromatic N) is 1. The number of thiazole rings is 1. The molecule has 7 heteroatoms. The Balaban J connectivity index is 0.00000192. The second kappa shape index (κ2) is 7.88. The molecule has 0 radical (unpaired) electrons. The van der Waals surface area contributed by atoms with E-state index in [1.807, 2.05) is 43.5 Å². The molecule has 1 aromatic carbocycles. The Morgan fingerprint density at radius 1 is 1.48 bits per heavy atom. The number of anilines is 1. The Labute approximate surface area is 145 Å². The van der Waals surface area contributed by atoms with E-state index in [-0.39, 0.29) is 30.5 Å². The molecular weight excluding hydrogens is 334 g/mol. The lowest BCUT2D eigenvalue weighted by Gasteiger charge is -2.29. The van der Waals surface area contributed by atoms with Gasteiger partial charge in [0, 0.05) is 28.9 Å². The average Bonchev–Trinajstić information content (AvgIpc) is 2.94. The summed E-state index contributed by atoms with van der Waals surface area (Å²) in [5, 5.41) is 9.12. The van der Waals surface area contributed by atoms with Crippen LogP contribution in [-0.4, -0.2) is 36.2 Å². The average molecular weight is 354 g/mol. The standard InChI is InChI=1S/C16H19N3O2S.ClH/c1-10-9-22-16(18-10)12-4-3-5-13(8-12)19-15(20)14-11(2)21-7-6-17-14;/h3-5,8-9,11,14,17H,6-7H2,1-2H3,(H,19,20);1H/t11-,14+;/m1./s1. The van der Waals surface area contributed by atoms with Gasteiger partial charge in [-0.2, -0.15) is 0 Å². The van der Waals surface area contributed by atoms with Crippen LogP contribution in [0.25, 0.3) is 10.6 Å². The third-order valence-corrected chi connectivity index (χ3v) is 4.60. The summed E-state index contributed by atoms with van der Waals surface area (Å²) < 4.78 is 5.51. The van der Waals surface area contributed by atoms with Gasteiger partial charge in [0.15, 0.2) is 0 Å². The van der Waals surface area contributed by atoms with Crippen LogP contribution in [0.5, 0.6) is 0 Å². The van der Waals surface area contributed by atoms with E-state index in [1.165, 1.54) is 0 Å². The molecule has 1 amide bonds. The van der Waals surface area contributed by atoms with Gasteiger partial charge >= 0.3 is 0 Å². The zero-order valence-corrected chi connectivity index (χ0v) is 14.7. The van der Waals surface area contributed by atoms with Gasteiger partial charge in [0.2, 0.25) is 5.91 Å². The van der Waals surface area contributed by atoms with Gasteiger partial charge in [-0.1, -0.05) is 12.1 Å². The lowest BCUT2D eigenvalue weighted by atomic mass is 10.1. The van der Waals surface area contributed by atoms with Crippen LogP contribution in [-0.2, 0) is 9.53 Å². The van der Waals surface area contributed by atoms with Crippen molar-refractivity contribution >= 4 is 35.3 Å². The van der Waals surface area contributed by atoms with E-state index in [1.54, 1.807) is 11.3 Å². The Morgan fingerprint density at radius 2 is 2.30 bits per heavy atom. The van der Waals surface area contributed by atoms with Crippen LogP contribution in [0.15, 0.2) is 29.6 Å². The summed E-state index contributed by atoms with van der Waals surface area (Å²) in [5.41, 5.74) is 2.79. The molecule has 124 valence electrons. The van der Waals surface area contributed by atoms with E-state index in [9.17, 15) is 4.79 Å². The SMILES string of the molecule is Cc1csc(-c2cccc(NC(=O)[C@H]3NCCO[C@@H]3C)c2)n1.Cl. The quantitative estimate of drug-likeness (QED) is 0.890. The maximum Gasteiger partial charge on any atom is 0.244 e. The second-order valence-corrected chi connectivity index (χ2v) is 6.23. The van der Waals surface area contributed by atoms with Crippen molar-refractivity contribution in [3.05, 3.63) is 35.3 Å². The summed E-state index contributed by atoms with van der Waals surface area (Å²) in [7, 11) is 0. The number of aromatic nitrogens is 1. The van der Waals surface area contributed by atoms with Gasteiger partial charge in [-0.05, 0) is 26.0 Å². The van der Waals surface area contributed by atoms with Crippen LogP contribution >= 0.6 is 23.7 Å². The first-order valence-corrected chi connectivity index (χ1v) is 8.20. The molecule has 23 heavy (non-hydrogen) atoms. The first kappa shape index (κ1) is 17.9. The molecule has 0 bridgehead atoms. The first-order chi connectivity index (χ1) is 10.6. The maximum atomic E-state index is 12.4. The number of benzene rings is 1. The number of hydrogen-bond donors (Lipinski definition) is 2. The second-order valence-electron chi connectivity index (χ2n) is 5.37. The summed E-state index contributed by atoms with van der Waals surface area (Å²) in [6, 6.07) is 7.44. The molecule has 2 N–H and O–H groups in total. The minimum atomic E-state index is -0.320. The van der Waals surface area contributed by atoms with Crippen LogP contribution in [0.2, 0.25) is 0 Å². The molecule has 5 nitrogen and oxygen atoms in total. The van der Waals surface area contributed by atoms with Gasteiger partial charge in [-0.3, -0.25) is 4.79 Å². The molecule has 3 rings (SSSR count). The van der Waals surface area contributed by atoms with E-state index in [0.717, 1.165) is 22.0 Å². The van der Waals surface area contributed by atoms with Crippen molar-refractivity contribution in [2.75, 3.05) is 18.5 Å². The van der Waals surface area contributed by atoms with E-state index in [0.29, 0.717) is 13.2 Å². The lowest BCUT2D eigenvalue weighted by Crippen LogP contribution is -2.53. The summed E-state index contributed by atoms with van der Waals surface area (Å²) in [4.78, 5) is 16.8. The van der Waals surface area contributed by atoms with Crippen LogP contribution in [0.3, 0.4) is 0 Å². The predicted molar refractivity (Wildman–Crippen MR) is 95.4 cm³/mol. The van der Waals surface area contributed by atoms with Crippen LogP contribution < -0.4 is 10.6 Å². The highest BCUT2D eigenvalue weighted by Gasteiger charge is 2.28. The Kier molecular flexibility index (Phi) is 6.12. The number of aryl methyl sites for hydroxylation is 1. The van der Waals surface area contributed by atoms with Crippen LogP contribution in [0.1, 0.15) is 12.6 Å². The number of amides is 1. The minimum Gasteiger partial charge on any atom is -0.375 e. The largest absolute Gasteiger partial charge is 0.375 e. The number of nitrogens with one attached hydrogen (secondary N) is 2. The molecule has 1 aliphatic heterocycles. The number of halogens is 1. The molecular formula is C16H20ClN3O2S. The van der Waals surface area contributed by atoms with E-state index < -0.39 is 0 Å². The number of rotatable bonds is 3. The molecule has 0 saturated carbocycles. The van der Waals surface area contributed by atoms with Gasteiger partial charge < -0.3 is 15.4 Å². The van der Waals surface area contributed by atoms with E-state index >= 15 is 0 Å². The van der Waals surface area contributed by atoms with Crippen molar-refractivity contribution in [3.63, 3.8) is 0 Å². The van der Waals surface area contributed by atoms with E-state index in [4.69, 9.17) is 4.74 Å². The van der Waals surface area contributed by atoms with Crippen molar-refractivity contribution in [1.29, 1.82) is 0 Å². The Hall–Kier alpha value is -1.47. The molecule has 0 aliphatic carbocycles. The van der Waals surface area contributed by atoms with Gasteiger partial charge in [0.25, 0.3) is 0 Å². The Bertz CT molecular complexity index is 677. The summed E-state index contributed by atoms with van der Waals surface area (Å²) >= 11 is 1.60.